The molecule has 0 spiro atoms. The zero-order valence-electron chi connectivity index (χ0n) is 13.7. The molecule has 0 aliphatic carbocycles. The van der Waals surface area contributed by atoms with Crippen molar-refractivity contribution in [2.75, 3.05) is 21.2 Å². The van der Waals surface area contributed by atoms with Crippen LogP contribution in [0.5, 0.6) is 5.75 Å². The van der Waals surface area contributed by atoms with Gasteiger partial charge in [-0.15, -0.1) is 0 Å². The molecule has 0 heterocycles. The van der Waals surface area contributed by atoms with Crippen LogP contribution in [0.15, 0.2) is 48.5 Å². The Balaban J connectivity index is 2.29. The van der Waals surface area contributed by atoms with Gasteiger partial charge in [-0.1, -0.05) is 30.3 Å². The lowest BCUT2D eigenvalue weighted by atomic mass is 10.0. The van der Waals surface area contributed by atoms with Crippen molar-refractivity contribution in [2.24, 2.45) is 0 Å². The van der Waals surface area contributed by atoms with Crippen molar-refractivity contribution in [1.29, 1.82) is 0 Å². The maximum absolute atomic E-state index is 13.5. The predicted octanol–water partition coefficient (Wildman–Crippen LogP) is 2.39. The number of carbonyl (C=O) groups is 2. The Kier molecular flexibility index (Phi) is 5.52. The van der Waals surface area contributed by atoms with Crippen LogP contribution in [0.25, 0.3) is 0 Å². The number of amides is 2. The Hall–Kier alpha value is -2.89. The van der Waals surface area contributed by atoms with Crippen LogP contribution in [0.4, 0.5) is 4.39 Å². The second kappa shape index (κ2) is 7.59. The smallest absolute Gasteiger partial charge is 0.252 e. The minimum absolute atomic E-state index is 0.0298. The minimum atomic E-state index is -0.829. The van der Waals surface area contributed by atoms with Gasteiger partial charge < -0.3 is 15.0 Å². The first-order chi connectivity index (χ1) is 11.4. The Bertz CT molecular complexity index is 732. The quantitative estimate of drug-likeness (QED) is 0.916. The molecule has 0 unspecified atom stereocenters. The number of carbonyl (C=O) groups excluding carboxylic acids is 2. The highest BCUT2D eigenvalue weighted by atomic mass is 19.1. The van der Waals surface area contributed by atoms with Crippen molar-refractivity contribution >= 4 is 11.8 Å². The van der Waals surface area contributed by atoms with Gasteiger partial charge in [0.1, 0.15) is 6.04 Å². The van der Waals surface area contributed by atoms with Crippen LogP contribution < -0.4 is 10.1 Å². The normalized spacial score (nSPS) is 11.5. The Morgan fingerprint density at radius 3 is 2.38 bits per heavy atom. The molecule has 2 amide bonds. The van der Waals surface area contributed by atoms with Gasteiger partial charge >= 0.3 is 0 Å². The Morgan fingerprint density at radius 1 is 1.12 bits per heavy atom. The highest BCUT2D eigenvalue weighted by Gasteiger charge is 2.25. The lowest BCUT2D eigenvalue weighted by molar-refractivity contribution is -0.130. The number of halogens is 1. The number of nitrogens with one attached hydrogen (secondary N) is 1. The van der Waals surface area contributed by atoms with E-state index < -0.39 is 17.8 Å². The van der Waals surface area contributed by atoms with Crippen LogP contribution >= 0.6 is 0 Å². The summed E-state index contributed by atoms with van der Waals surface area (Å²) in [5.41, 5.74) is 0.874. The Morgan fingerprint density at radius 2 is 1.79 bits per heavy atom. The summed E-state index contributed by atoms with van der Waals surface area (Å²) in [6.07, 6.45) is 0. The van der Waals surface area contributed by atoms with Gasteiger partial charge in [-0.05, 0) is 23.8 Å². The van der Waals surface area contributed by atoms with Gasteiger partial charge in [0.15, 0.2) is 11.6 Å². The predicted molar refractivity (Wildman–Crippen MR) is 88.3 cm³/mol. The van der Waals surface area contributed by atoms with Crippen LogP contribution in [-0.4, -0.2) is 37.9 Å². The number of nitrogens with zero attached hydrogens (tertiary/aromatic N) is 1. The van der Waals surface area contributed by atoms with Crippen LogP contribution in [0.2, 0.25) is 0 Å². The molecule has 0 aliphatic heterocycles. The number of methoxy groups -OCH3 is 1. The summed E-state index contributed by atoms with van der Waals surface area (Å²) < 4.78 is 18.4. The van der Waals surface area contributed by atoms with Crippen LogP contribution in [0.3, 0.4) is 0 Å². The van der Waals surface area contributed by atoms with Crippen LogP contribution in [0, 0.1) is 5.82 Å². The molecule has 1 atom stereocenters. The van der Waals surface area contributed by atoms with E-state index in [4.69, 9.17) is 4.74 Å². The van der Waals surface area contributed by atoms with Crippen LogP contribution in [0.1, 0.15) is 22.0 Å². The molecule has 0 aromatic heterocycles. The monoisotopic (exact) mass is 330 g/mol. The molecule has 6 heteroatoms. The largest absolute Gasteiger partial charge is 0.494 e. The maximum atomic E-state index is 13.5. The van der Waals surface area contributed by atoms with E-state index in [-0.39, 0.29) is 17.2 Å². The fourth-order valence-electron chi connectivity index (χ4n) is 2.21. The molecule has 0 saturated carbocycles. The van der Waals surface area contributed by atoms with Crippen molar-refractivity contribution in [2.45, 2.75) is 6.04 Å². The van der Waals surface area contributed by atoms with Crippen LogP contribution in [-0.2, 0) is 4.79 Å². The maximum Gasteiger partial charge on any atom is 0.252 e. The van der Waals surface area contributed by atoms with Crippen molar-refractivity contribution in [3.8, 4) is 5.75 Å². The fourth-order valence-corrected chi connectivity index (χ4v) is 2.21. The number of rotatable bonds is 5. The molecule has 0 fully saturated rings. The van der Waals surface area contributed by atoms with Gasteiger partial charge in [-0.2, -0.15) is 0 Å². The summed E-state index contributed by atoms with van der Waals surface area (Å²) in [5, 5.41) is 2.69. The molecule has 0 radical (unpaired) electrons. The van der Waals surface area contributed by atoms with Gasteiger partial charge in [0.25, 0.3) is 5.91 Å². The molecule has 2 rings (SSSR count). The molecule has 24 heavy (non-hydrogen) atoms. The molecule has 0 bridgehead atoms. The van der Waals surface area contributed by atoms with E-state index in [2.05, 4.69) is 5.32 Å². The van der Waals surface area contributed by atoms with E-state index in [0.29, 0.717) is 5.56 Å². The standard InChI is InChI=1S/C18H19FN2O3/c1-21(2)18(23)16(12-7-5-4-6-8-12)20-17(22)13-9-10-14(19)15(11-13)24-3/h4-11,16H,1-3H3,(H,20,22)/t16-/m1/s1. The molecular weight excluding hydrogens is 311 g/mol. The SMILES string of the molecule is COc1cc(C(=O)N[C@@H](C(=O)N(C)C)c2ccccc2)ccc1F. The molecule has 1 N–H and O–H groups in total. The van der Waals surface area contributed by atoms with E-state index >= 15 is 0 Å². The zero-order chi connectivity index (χ0) is 17.7. The lowest BCUT2D eigenvalue weighted by Crippen LogP contribution is -2.39. The van der Waals surface area contributed by atoms with Crippen molar-refractivity contribution < 1.29 is 18.7 Å². The van der Waals surface area contributed by atoms with Gasteiger partial charge in [0, 0.05) is 19.7 Å². The first kappa shape index (κ1) is 17.5. The zero-order valence-corrected chi connectivity index (χ0v) is 13.7. The van der Waals surface area contributed by atoms with Gasteiger partial charge in [-0.25, -0.2) is 4.39 Å². The van der Waals surface area contributed by atoms with Gasteiger partial charge in [0.05, 0.1) is 7.11 Å². The Labute approximate surface area is 140 Å². The average Bonchev–Trinajstić information content (AvgIpc) is 2.59. The molecule has 5 nitrogen and oxygen atoms in total. The fraction of sp³-hybridized carbons (Fsp3) is 0.222. The number of hydrogen-bond acceptors (Lipinski definition) is 3. The summed E-state index contributed by atoms with van der Waals surface area (Å²) in [6, 6.07) is 11.9. The lowest BCUT2D eigenvalue weighted by Gasteiger charge is -2.22. The highest BCUT2D eigenvalue weighted by molar-refractivity contribution is 5.98. The molecule has 126 valence electrons. The summed E-state index contributed by atoms with van der Waals surface area (Å²) >= 11 is 0. The number of benzene rings is 2. The molecule has 0 aliphatic rings. The third-order valence-electron chi connectivity index (χ3n) is 3.51. The summed E-state index contributed by atoms with van der Waals surface area (Å²) in [7, 11) is 4.55. The van der Waals surface area contributed by atoms with Crippen molar-refractivity contribution in [3.05, 3.63) is 65.5 Å². The summed E-state index contributed by atoms with van der Waals surface area (Å²) in [5.74, 6) is -1.34. The van der Waals surface area contributed by atoms with Gasteiger partial charge in [0.2, 0.25) is 5.91 Å². The molecule has 2 aromatic carbocycles. The summed E-state index contributed by atoms with van der Waals surface area (Å²) in [6.45, 7) is 0. The third kappa shape index (κ3) is 3.90. The number of hydrogen-bond donors (Lipinski definition) is 1. The number of ether oxygens (including phenoxy) is 1. The van der Waals surface area contributed by atoms with E-state index in [0.717, 1.165) is 6.07 Å². The number of likely N-dealkylation sites (N-methyl/N-ethyl adjacent to an activating group) is 1. The molecular formula is C18H19FN2O3. The molecule has 0 saturated heterocycles. The van der Waals surface area contributed by atoms with Crippen molar-refractivity contribution in [1.82, 2.24) is 10.2 Å². The first-order valence-corrected chi connectivity index (χ1v) is 7.34. The van der Waals surface area contributed by atoms with E-state index in [1.807, 2.05) is 6.07 Å². The van der Waals surface area contributed by atoms with Gasteiger partial charge in [-0.3, -0.25) is 9.59 Å². The molecule has 2 aromatic rings. The minimum Gasteiger partial charge on any atom is -0.494 e. The third-order valence-corrected chi connectivity index (χ3v) is 3.51. The van der Waals surface area contributed by atoms with Crippen molar-refractivity contribution in [3.63, 3.8) is 0 Å². The average molecular weight is 330 g/mol. The van der Waals surface area contributed by atoms with E-state index in [1.165, 1.54) is 24.1 Å². The highest BCUT2D eigenvalue weighted by Crippen LogP contribution is 2.20. The second-order valence-electron chi connectivity index (χ2n) is 5.40. The van der Waals surface area contributed by atoms with E-state index in [1.54, 1.807) is 38.4 Å². The first-order valence-electron chi connectivity index (χ1n) is 7.34. The second-order valence-corrected chi connectivity index (χ2v) is 5.40. The van der Waals surface area contributed by atoms with E-state index in [9.17, 15) is 14.0 Å². The topological polar surface area (TPSA) is 58.6 Å². The summed E-state index contributed by atoms with van der Waals surface area (Å²) in [4.78, 5) is 26.3.